The maximum absolute atomic E-state index is 9.49. The molecule has 0 saturated carbocycles. The molecule has 3 aromatic rings. The smallest absolute Gasteiger partial charge is 0.0995 e. The first-order valence-corrected chi connectivity index (χ1v) is 10.4. The molecule has 0 fully saturated rings. The first-order valence-electron chi connectivity index (χ1n) is 10.4. The van der Waals surface area contributed by atoms with Gasteiger partial charge >= 0.3 is 0 Å². The van der Waals surface area contributed by atoms with Crippen LogP contribution in [-0.4, -0.2) is 15.5 Å². The van der Waals surface area contributed by atoms with Crippen molar-refractivity contribution >= 4 is 0 Å². The van der Waals surface area contributed by atoms with Crippen LogP contribution in [0.3, 0.4) is 0 Å². The average molecular weight is 386 g/mol. The van der Waals surface area contributed by atoms with Gasteiger partial charge < -0.3 is 4.57 Å². The topological polar surface area (TPSA) is 32.0 Å². The lowest BCUT2D eigenvalue weighted by Gasteiger charge is -2.32. The van der Waals surface area contributed by atoms with Crippen LogP contribution in [0, 0.1) is 24.2 Å². The zero-order chi connectivity index (χ0) is 20.8. The highest BCUT2D eigenvalue weighted by atomic mass is 15.2. The van der Waals surface area contributed by atoms with E-state index in [-0.39, 0.29) is 0 Å². The van der Waals surface area contributed by atoms with Crippen molar-refractivity contribution in [3.63, 3.8) is 0 Å². The third-order valence-corrected chi connectivity index (χ3v) is 5.81. The van der Waals surface area contributed by atoms with E-state index in [4.69, 9.17) is 0 Å². The second-order valence-corrected chi connectivity index (χ2v) is 8.27. The van der Waals surface area contributed by atoms with E-state index in [0.717, 1.165) is 30.8 Å². The maximum Gasteiger partial charge on any atom is 0.0995 e. The van der Waals surface area contributed by atoms with Gasteiger partial charge in [0.05, 0.1) is 11.6 Å². The zero-order valence-electron chi connectivity index (χ0n) is 18.0. The fraction of sp³-hybridized carbons (Fsp3) is 0.346. The molecule has 1 aromatic heterocycles. The number of nitriles is 1. The van der Waals surface area contributed by atoms with Crippen LogP contribution in [0.25, 0.3) is 0 Å². The molecule has 3 nitrogen and oxygen atoms in total. The number of aromatic nitrogens is 1. The van der Waals surface area contributed by atoms with Gasteiger partial charge in [-0.3, -0.25) is 4.90 Å². The summed E-state index contributed by atoms with van der Waals surface area (Å²) in [5, 5.41) is 9.49. The predicted molar refractivity (Wildman–Crippen MR) is 119 cm³/mol. The molecule has 1 atom stereocenters. The summed E-state index contributed by atoms with van der Waals surface area (Å²) in [4.78, 5) is 2.49. The van der Waals surface area contributed by atoms with Gasteiger partial charge in [-0.05, 0) is 49.1 Å². The van der Waals surface area contributed by atoms with Gasteiger partial charge in [0.1, 0.15) is 0 Å². The third kappa shape index (κ3) is 5.37. The average Bonchev–Trinajstić information content (AvgIpc) is 3.15. The Hall–Kier alpha value is -2.83. The quantitative estimate of drug-likeness (QED) is 0.493. The first-order chi connectivity index (χ1) is 14.0. The first kappa shape index (κ1) is 20.9. The van der Waals surface area contributed by atoms with E-state index in [1.807, 2.05) is 18.2 Å². The molecule has 150 valence electrons. The molecule has 0 amide bonds. The molecule has 29 heavy (non-hydrogen) atoms. The van der Waals surface area contributed by atoms with E-state index in [1.54, 1.807) is 0 Å². The highest BCUT2D eigenvalue weighted by Gasteiger charge is 2.20. The second kappa shape index (κ2) is 9.58. The summed E-state index contributed by atoms with van der Waals surface area (Å²) in [6.45, 7) is 11.4. The molecule has 3 rings (SSSR count). The molecule has 3 heteroatoms. The lowest BCUT2D eigenvalue weighted by Crippen LogP contribution is -2.36. The number of hydrogen-bond acceptors (Lipinski definition) is 2. The summed E-state index contributed by atoms with van der Waals surface area (Å²) in [7, 11) is 0. The van der Waals surface area contributed by atoms with E-state index in [2.05, 4.69) is 91.9 Å². The number of benzene rings is 2. The molecule has 0 saturated heterocycles. The second-order valence-electron chi connectivity index (χ2n) is 8.27. The minimum absolute atomic E-state index is 0.407. The van der Waals surface area contributed by atoms with Crippen LogP contribution in [0.2, 0.25) is 0 Å². The number of hydrogen-bond donors (Lipinski definition) is 0. The summed E-state index contributed by atoms with van der Waals surface area (Å²) in [6, 6.07) is 23.8. The number of nitrogens with zero attached hydrogens (tertiary/aromatic N) is 3. The van der Waals surface area contributed by atoms with Crippen molar-refractivity contribution in [3.05, 3.63) is 94.8 Å². The Morgan fingerprint density at radius 2 is 1.66 bits per heavy atom. The Morgan fingerprint density at radius 3 is 2.34 bits per heavy atom. The third-order valence-electron chi connectivity index (χ3n) is 5.81. The van der Waals surface area contributed by atoms with Crippen molar-refractivity contribution in [1.82, 2.24) is 9.47 Å². The Bertz CT molecular complexity index is 960. The molecule has 0 aliphatic carbocycles. The van der Waals surface area contributed by atoms with Crippen LogP contribution in [-0.2, 0) is 19.6 Å². The van der Waals surface area contributed by atoms with Crippen molar-refractivity contribution in [1.29, 1.82) is 5.26 Å². The number of aryl methyl sites for hydroxylation is 1. The lowest BCUT2D eigenvalue weighted by molar-refractivity contribution is 0.148. The molecular weight excluding hydrogens is 354 g/mol. The van der Waals surface area contributed by atoms with Gasteiger partial charge in [-0.15, -0.1) is 0 Å². The van der Waals surface area contributed by atoms with Gasteiger partial charge in [0, 0.05) is 37.6 Å². The van der Waals surface area contributed by atoms with E-state index in [9.17, 15) is 5.26 Å². The van der Waals surface area contributed by atoms with Crippen LogP contribution in [0.1, 0.15) is 48.7 Å². The molecule has 1 heterocycles. The number of rotatable bonds is 8. The molecule has 2 aromatic carbocycles. The Labute approximate surface area is 175 Å². The Morgan fingerprint density at radius 1 is 0.931 bits per heavy atom. The summed E-state index contributed by atoms with van der Waals surface area (Å²) in [5.74, 6) is 0.532. The summed E-state index contributed by atoms with van der Waals surface area (Å²) in [5.41, 5.74) is 5.76. The van der Waals surface area contributed by atoms with Crippen molar-refractivity contribution < 1.29 is 0 Å². The maximum atomic E-state index is 9.49. The molecule has 0 spiro atoms. The van der Waals surface area contributed by atoms with E-state index < -0.39 is 0 Å². The molecule has 0 unspecified atom stereocenters. The molecule has 0 N–H and O–H groups in total. The van der Waals surface area contributed by atoms with Gasteiger partial charge in [-0.2, -0.15) is 5.26 Å². The Kier molecular flexibility index (Phi) is 6.90. The van der Waals surface area contributed by atoms with Crippen molar-refractivity contribution in [2.24, 2.45) is 5.92 Å². The highest BCUT2D eigenvalue weighted by molar-refractivity contribution is 5.37. The van der Waals surface area contributed by atoms with E-state index >= 15 is 0 Å². The van der Waals surface area contributed by atoms with Crippen LogP contribution in [0.5, 0.6) is 0 Å². The van der Waals surface area contributed by atoms with Crippen LogP contribution in [0.15, 0.2) is 66.9 Å². The molecule has 0 aliphatic heterocycles. The normalized spacial score (nSPS) is 12.3. The fourth-order valence-electron chi connectivity index (χ4n) is 3.60. The van der Waals surface area contributed by atoms with Crippen molar-refractivity contribution in [2.45, 2.75) is 53.4 Å². The van der Waals surface area contributed by atoms with Crippen molar-refractivity contribution in [2.75, 3.05) is 0 Å². The highest BCUT2D eigenvalue weighted by Crippen LogP contribution is 2.21. The van der Waals surface area contributed by atoms with Gasteiger partial charge in [0.15, 0.2) is 0 Å². The van der Waals surface area contributed by atoms with E-state index in [0.29, 0.717) is 12.0 Å². The van der Waals surface area contributed by atoms with Gasteiger partial charge in [0.25, 0.3) is 0 Å². The SMILES string of the molecule is Cc1ccc(Cn2cccc2CN(Cc2ccccc2C#N)[C@H](C)C(C)C)cc1. The fourth-order valence-corrected chi connectivity index (χ4v) is 3.60. The monoisotopic (exact) mass is 385 g/mol. The minimum Gasteiger partial charge on any atom is -0.346 e. The predicted octanol–water partition coefficient (Wildman–Crippen LogP) is 5.76. The van der Waals surface area contributed by atoms with Gasteiger partial charge in [-0.1, -0.05) is 61.9 Å². The van der Waals surface area contributed by atoms with Crippen LogP contribution in [0.4, 0.5) is 0 Å². The van der Waals surface area contributed by atoms with E-state index in [1.165, 1.54) is 16.8 Å². The molecule has 0 bridgehead atoms. The summed E-state index contributed by atoms with van der Waals surface area (Å²) >= 11 is 0. The Balaban J connectivity index is 1.82. The molecule has 0 aliphatic rings. The molecular formula is C26H31N3. The van der Waals surface area contributed by atoms with Gasteiger partial charge in [0.2, 0.25) is 0 Å². The zero-order valence-corrected chi connectivity index (χ0v) is 18.0. The summed E-state index contributed by atoms with van der Waals surface area (Å²) in [6.07, 6.45) is 2.16. The van der Waals surface area contributed by atoms with Crippen molar-refractivity contribution in [3.8, 4) is 6.07 Å². The van der Waals surface area contributed by atoms with Crippen LogP contribution < -0.4 is 0 Å². The largest absolute Gasteiger partial charge is 0.346 e. The molecule has 0 radical (unpaired) electrons. The summed E-state index contributed by atoms with van der Waals surface area (Å²) < 4.78 is 2.33. The lowest BCUT2D eigenvalue weighted by atomic mass is 10.0. The van der Waals surface area contributed by atoms with Gasteiger partial charge in [-0.25, -0.2) is 0 Å². The van der Waals surface area contributed by atoms with Crippen LogP contribution >= 0.6 is 0 Å². The minimum atomic E-state index is 0.407. The standard InChI is InChI=1S/C26H31N3/c1-20(2)22(4)29(18-25-9-6-5-8-24(25)16-27)19-26-10-7-15-28(26)17-23-13-11-21(3)12-14-23/h5-15,20,22H,17-19H2,1-4H3/t22-/m1/s1.